The second-order valence-corrected chi connectivity index (χ2v) is 5.76. The predicted octanol–water partition coefficient (Wildman–Crippen LogP) is 1.50. The van der Waals surface area contributed by atoms with Crippen LogP contribution in [0.4, 0.5) is 0 Å². The quantitative estimate of drug-likeness (QED) is 0.558. The first-order valence-corrected chi connectivity index (χ1v) is 5.96. The zero-order valence-electron chi connectivity index (χ0n) is 7.25. The lowest BCUT2D eigenvalue weighted by atomic mass is 10.2. The highest BCUT2D eigenvalue weighted by atomic mass is 127. The molecule has 3 rings (SSSR count). The van der Waals surface area contributed by atoms with Gasteiger partial charge in [0.05, 0.1) is 0 Å². The van der Waals surface area contributed by atoms with E-state index in [0.29, 0.717) is 0 Å². The fourth-order valence-electron chi connectivity index (χ4n) is 2.56. The molecule has 0 N–H and O–H groups in total. The SMILES string of the molecule is IN1CC2CC1CN2CC1CC1. The lowest BCUT2D eigenvalue weighted by molar-refractivity contribution is 0.190. The van der Waals surface area contributed by atoms with Gasteiger partial charge >= 0.3 is 0 Å². The predicted molar refractivity (Wildman–Crippen MR) is 57.2 cm³/mol. The van der Waals surface area contributed by atoms with Gasteiger partial charge in [-0.1, -0.05) is 0 Å². The lowest BCUT2D eigenvalue weighted by Crippen LogP contribution is -2.43. The van der Waals surface area contributed by atoms with Crippen LogP contribution in [0.1, 0.15) is 19.3 Å². The molecule has 2 heterocycles. The summed E-state index contributed by atoms with van der Waals surface area (Å²) in [5.41, 5.74) is 0. The van der Waals surface area contributed by atoms with E-state index in [-0.39, 0.29) is 0 Å². The van der Waals surface area contributed by atoms with E-state index in [4.69, 9.17) is 0 Å². The topological polar surface area (TPSA) is 6.48 Å². The molecular weight excluding hydrogens is 263 g/mol. The van der Waals surface area contributed by atoms with Crippen LogP contribution in [0.5, 0.6) is 0 Å². The molecule has 0 radical (unpaired) electrons. The molecule has 68 valence electrons. The molecule has 2 atom stereocenters. The van der Waals surface area contributed by atoms with Gasteiger partial charge in [-0.2, -0.15) is 0 Å². The molecule has 0 aromatic heterocycles. The van der Waals surface area contributed by atoms with E-state index in [1.807, 2.05) is 0 Å². The van der Waals surface area contributed by atoms with Gasteiger partial charge < -0.3 is 0 Å². The normalized spacial score (nSPS) is 42.8. The lowest BCUT2D eigenvalue weighted by Gasteiger charge is -2.30. The highest BCUT2D eigenvalue weighted by molar-refractivity contribution is 14.1. The minimum absolute atomic E-state index is 0.884. The Balaban J connectivity index is 1.62. The molecule has 0 aromatic carbocycles. The minimum atomic E-state index is 0.884. The Morgan fingerprint density at radius 2 is 2.00 bits per heavy atom. The zero-order chi connectivity index (χ0) is 8.13. The monoisotopic (exact) mass is 278 g/mol. The highest BCUT2D eigenvalue weighted by Crippen LogP contribution is 2.37. The van der Waals surface area contributed by atoms with Crippen LogP contribution in [0.2, 0.25) is 0 Å². The maximum Gasteiger partial charge on any atom is 0.0337 e. The zero-order valence-corrected chi connectivity index (χ0v) is 9.40. The first kappa shape index (κ1) is 8.00. The molecule has 0 amide bonds. The number of hydrogen-bond acceptors (Lipinski definition) is 2. The summed E-state index contributed by atoms with van der Waals surface area (Å²) < 4.78 is 2.51. The summed E-state index contributed by atoms with van der Waals surface area (Å²) in [4.78, 5) is 2.73. The Kier molecular flexibility index (Phi) is 1.88. The molecule has 1 aliphatic carbocycles. The average Bonchev–Trinajstić information content (AvgIpc) is 2.65. The number of rotatable bonds is 2. The summed E-state index contributed by atoms with van der Waals surface area (Å²) in [5.74, 6) is 1.08. The van der Waals surface area contributed by atoms with E-state index in [0.717, 1.165) is 18.0 Å². The van der Waals surface area contributed by atoms with Crippen molar-refractivity contribution in [2.45, 2.75) is 31.3 Å². The molecule has 12 heavy (non-hydrogen) atoms. The third-order valence-corrected chi connectivity index (χ3v) is 4.66. The van der Waals surface area contributed by atoms with Crippen molar-refractivity contribution in [3.8, 4) is 0 Å². The number of likely N-dealkylation sites (tertiary alicyclic amines) is 1. The first-order valence-electron chi connectivity index (χ1n) is 4.99. The second-order valence-electron chi connectivity index (χ2n) is 4.52. The molecule has 0 aromatic rings. The molecule has 2 aliphatic heterocycles. The number of halogens is 1. The molecule has 3 heteroatoms. The Bertz CT molecular complexity index is 191. The number of hydrogen-bond donors (Lipinski definition) is 0. The van der Waals surface area contributed by atoms with Crippen LogP contribution in [0.3, 0.4) is 0 Å². The van der Waals surface area contributed by atoms with Gasteiger partial charge in [-0.25, -0.2) is 3.11 Å². The summed E-state index contributed by atoms with van der Waals surface area (Å²) in [7, 11) is 0. The van der Waals surface area contributed by atoms with Gasteiger partial charge in [-0.05, 0) is 25.2 Å². The smallest absolute Gasteiger partial charge is 0.0337 e. The van der Waals surface area contributed by atoms with E-state index in [1.54, 1.807) is 0 Å². The van der Waals surface area contributed by atoms with Gasteiger partial charge in [0, 0.05) is 54.6 Å². The summed E-state index contributed by atoms with van der Waals surface area (Å²) in [6, 6.07) is 1.79. The van der Waals surface area contributed by atoms with E-state index in [1.165, 1.54) is 38.9 Å². The molecule has 3 aliphatic rings. The van der Waals surface area contributed by atoms with Gasteiger partial charge in [0.25, 0.3) is 0 Å². The van der Waals surface area contributed by atoms with Gasteiger partial charge in [0.15, 0.2) is 0 Å². The van der Waals surface area contributed by atoms with Crippen molar-refractivity contribution in [2.24, 2.45) is 5.92 Å². The van der Waals surface area contributed by atoms with Crippen LogP contribution in [0.25, 0.3) is 0 Å². The fraction of sp³-hybridized carbons (Fsp3) is 1.00. The van der Waals surface area contributed by atoms with E-state index >= 15 is 0 Å². The van der Waals surface area contributed by atoms with Gasteiger partial charge in [-0.3, -0.25) is 4.90 Å². The van der Waals surface area contributed by atoms with Gasteiger partial charge in [0.1, 0.15) is 0 Å². The van der Waals surface area contributed by atoms with Crippen LogP contribution in [-0.4, -0.2) is 39.7 Å². The molecule has 2 saturated heterocycles. The average molecular weight is 278 g/mol. The Hall–Kier alpha value is 0.650. The van der Waals surface area contributed by atoms with E-state index in [2.05, 4.69) is 30.9 Å². The maximum atomic E-state index is 2.73. The Morgan fingerprint density at radius 1 is 1.17 bits per heavy atom. The molecule has 3 fully saturated rings. The van der Waals surface area contributed by atoms with Crippen LogP contribution in [-0.2, 0) is 0 Å². The summed E-state index contributed by atoms with van der Waals surface area (Å²) in [6.07, 6.45) is 4.44. The largest absolute Gasteiger partial charge is 0.297 e. The van der Waals surface area contributed by atoms with E-state index < -0.39 is 0 Å². The van der Waals surface area contributed by atoms with Crippen LogP contribution in [0.15, 0.2) is 0 Å². The van der Waals surface area contributed by atoms with Crippen molar-refractivity contribution in [1.29, 1.82) is 0 Å². The van der Waals surface area contributed by atoms with Crippen molar-refractivity contribution in [1.82, 2.24) is 8.01 Å². The summed E-state index contributed by atoms with van der Waals surface area (Å²) in [5, 5.41) is 0. The summed E-state index contributed by atoms with van der Waals surface area (Å²) >= 11 is 2.49. The number of piperazine rings is 1. The number of fused-ring (bicyclic) bond motifs is 2. The first-order chi connectivity index (χ1) is 5.83. The van der Waals surface area contributed by atoms with Crippen molar-refractivity contribution in [2.75, 3.05) is 19.6 Å². The Morgan fingerprint density at radius 3 is 2.50 bits per heavy atom. The van der Waals surface area contributed by atoms with Crippen molar-refractivity contribution in [3.63, 3.8) is 0 Å². The maximum absolute atomic E-state index is 2.73. The standard InChI is InChI=1S/C9H15IN2/c10-12-6-8-3-9(12)5-11(8)4-7-1-2-7/h7-9H,1-6H2. The third kappa shape index (κ3) is 1.30. The molecular formula is C9H15IN2. The number of nitrogens with zero attached hydrogens (tertiary/aromatic N) is 2. The Labute approximate surface area is 87.8 Å². The highest BCUT2D eigenvalue weighted by Gasteiger charge is 2.43. The van der Waals surface area contributed by atoms with Crippen molar-refractivity contribution >= 4 is 22.9 Å². The van der Waals surface area contributed by atoms with Crippen LogP contribution < -0.4 is 0 Å². The molecule has 2 unspecified atom stereocenters. The molecule has 2 nitrogen and oxygen atoms in total. The van der Waals surface area contributed by atoms with E-state index in [9.17, 15) is 0 Å². The fourth-order valence-corrected chi connectivity index (χ4v) is 3.41. The summed E-state index contributed by atoms with van der Waals surface area (Å²) in [6.45, 7) is 4.08. The minimum Gasteiger partial charge on any atom is -0.297 e. The third-order valence-electron chi connectivity index (χ3n) is 3.48. The van der Waals surface area contributed by atoms with Gasteiger partial charge in [-0.15, -0.1) is 0 Å². The van der Waals surface area contributed by atoms with Gasteiger partial charge in [0.2, 0.25) is 0 Å². The molecule has 2 bridgehead atoms. The second kappa shape index (κ2) is 2.82. The van der Waals surface area contributed by atoms with Crippen LogP contribution >= 0.6 is 22.9 Å². The van der Waals surface area contributed by atoms with Crippen LogP contribution in [0, 0.1) is 5.92 Å². The molecule has 1 saturated carbocycles. The van der Waals surface area contributed by atoms with Crippen molar-refractivity contribution < 1.29 is 0 Å². The van der Waals surface area contributed by atoms with Crippen molar-refractivity contribution in [3.05, 3.63) is 0 Å². The molecule has 0 spiro atoms.